The van der Waals surface area contributed by atoms with E-state index in [1.165, 1.54) is 6.20 Å². The van der Waals surface area contributed by atoms with E-state index in [2.05, 4.69) is 4.98 Å². The first-order valence-corrected chi connectivity index (χ1v) is 3.42. The maximum absolute atomic E-state index is 10.3. The van der Waals surface area contributed by atoms with Crippen LogP contribution in [0, 0.1) is 0 Å². The summed E-state index contributed by atoms with van der Waals surface area (Å²) < 4.78 is 18.7. The molecule has 0 fully saturated rings. The van der Waals surface area contributed by atoms with E-state index in [9.17, 15) is 4.21 Å². The van der Waals surface area contributed by atoms with E-state index in [0.717, 1.165) is 0 Å². The molecule has 0 aliphatic heterocycles. The number of nitrogens with zero attached hydrogens (tertiary/aromatic N) is 1. The van der Waals surface area contributed by atoms with Crippen LogP contribution in [0.25, 0.3) is 0 Å². The molecule has 0 saturated heterocycles. The number of hydrogen-bond acceptors (Lipinski definition) is 2. The number of rotatable bonds is 1. The van der Waals surface area contributed by atoms with Gasteiger partial charge in [-0.2, -0.15) is 0 Å². The zero-order valence-electron chi connectivity index (χ0n) is 6.52. The molecular weight excluding hydrogens is 145 g/mol. The molecule has 1 aromatic rings. The molecule has 0 aromatic carbocycles. The molecule has 3 nitrogen and oxygen atoms in total. The summed E-state index contributed by atoms with van der Waals surface area (Å²) in [5.74, 6) is 0. The third kappa shape index (κ3) is 2.63. The van der Waals surface area contributed by atoms with Crippen LogP contribution in [-0.2, 0) is 11.1 Å². The van der Waals surface area contributed by atoms with Crippen LogP contribution in [0.1, 0.15) is 1.43 Å². The molecule has 0 radical (unpaired) electrons. The van der Waals surface area contributed by atoms with Crippen molar-refractivity contribution >= 4 is 11.1 Å². The topological polar surface area (TPSA) is 50.2 Å². The van der Waals surface area contributed by atoms with E-state index in [0.29, 0.717) is 4.90 Å². The minimum absolute atomic E-state index is 0. The van der Waals surface area contributed by atoms with Gasteiger partial charge in [0.05, 0.1) is 4.90 Å². The van der Waals surface area contributed by atoms with Gasteiger partial charge in [0.15, 0.2) is 11.1 Å². The molecule has 1 unspecified atom stereocenters. The summed E-state index contributed by atoms with van der Waals surface area (Å²) in [6.07, 6.45) is 2.91. The Hall–Kier alpha value is -0.143. The summed E-state index contributed by atoms with van der Waals surface area (Å²) in [6.45, 7) is 0. The van der Waals surface area contributed by atoms with Crippen molar-refractivity contribution in [2.24, 2.45) is 0 Å². The van der Waals surface area contributed by atoms with E-state index >= 15 is 0 Å². The molecule has 0 amide bonds. The van der Waals surface area contributed by atoms with Crippen LogP contribution < -0.4 is 18.9 Å². The van der Waals surface area contributed by atoms with Crippen molar-refractivity contribution in [3.05, 3.63) is 24.5 Å². The number of hydrogen-bond donors (Lipinski definition) is 1. The molecule has 1 heterocycles. The molecule has 1 N–H and O–H groups in total. The first-order valence-electron chi connectivity index (χ1n) is 2.31. The van der Waals surface area contributed by atoms with Gasteiger partial charge in [-0.15, -0.1) is 0 Å². The Bertz CT molecular complexity index is 221. The molecular formula is C5H6LiNO2S. The van der Waals surface area contributed by atoms with E-state index in [1.54, 1.807) is 18.3 Å². The zero-order valence-corrected chi connectivity index (χ0v) is 6.34. The maximum atomic E-state index is 10.3. The molecule has 0 aliphatic carbocycles. The van der Waals surface area contributed by atoms with Crippen LogP contribution in [0.3, 0.4) is 0 Å². The molecule has 1 aromatic heterocycles. The summed E-state index contributed by atoms with van der Waals surface area (Å²) in [5.41, 5.74) is 0. The fraction of sp³-hybridized carbons (Fsp3) is 0. The summed E-state index contributed by atoms with van der Waals surface area (Å²) in [7, 11) is 0. The average molecular weight is 151 g/mol. The van der Waals surface area contributed by atoms with E-state index in [4.69, 9.17) is 4.55 Å². The van der Waals surface area contributed by atoms with Gasteiger partial charge in [0, 0.05) is 12.4 Å². The molecule has 1 atom stereocenters. The van der Waals surface area contributed by atoms with Gasteiger partial charge < -0.3 is 5.98 Å². The standard InChI is InChI=1S/C5H5NO2S.Li.H/c7-9(8)5-2-1-3-6-4-5;;/h1-4H,(H,7,8);;/q;+1;-1. The van der Waals surface area contributed by atoms with Crippen molar-refractivity contribution < 1.29 is 29.0 Å². The second-order valence-electron chi connectivity index (χ2n) is 1.44. The van der Waals surface area contributed by atoms with Crippen molar-refractivity contribution in [2.45, 2.75) is 4.90 Å². The fourth-order valence-electron chi connectivity index (χ4n) is 0.450. The second kappa shape index (κ2) is 4.64. The SMILES string of the molecule is O=S(O)c1cccnc1.[H-].[Li+]. The van der Waals surface area contributed by atoms with Gasteiger partial charge in [0.1, 0.15) is 0 Å². The monoisotopic (exact) mass is 151 g/mol. The number of aromatic nitrogens is 1. The van der Waals surface area contributed by atoms with Crippen LogP contribution in [0.15, 0.2) is 29.4 Å². The van der Waals surface area contributed by atoms with Crippen LogP contribution in [-0.4, -0.2) is 13.7 Å². The van der Waals surface area contributed by atoms with Crippen LogP contribution in [0.4, 0.5) is 0 Å². The zero-order chi connectivity index (χ0) is 6.69. The van der Waals surface area contributed by atoms with Gasteiger partial charge in [-0.3, -0.25) is 4.98 Å². The summed E-state index contributed by atoms with van der Waals surface area (Å²) >= 11 is -1.89. The Balaban J connectivity index is 0. The average Bonchev–Trinajstić information content (AvgIpc) is 1.90. The van der Waals surface area contributed by atoms with E-state index in [-0.39, 0.29) is 20.3 Å². The van der Waals surface area contributed by atoms with Gasteiger partial charge >= 0.3 is 18.9 Å². The third-order valence-corrected chi connectivity index (χ3v) is 1.48. The Kier molecular flexibility index (Phi) is 4.57. The number of pyridine rings is 1. The maximum Gasteiger partial charge on any atom is 1.00 e. The first kappa shape index (κ1) is 9.86. The largest absolute Gasteiger partial charge is 1.00 e. The summed E-state index contributed by atoms with van der Waals surface area (Å²) in [6, 6.07) is 3.16. The predicted octanol–water partition coefficient (Wildman–Crippen LogP) is -2.22. The van der Waals surface area contributed by atoms with Crippen molar-refractivity contribution in [3.8, 4) is 0 Å². The van der Waals surface area contributed by atoms with Gasteiger partial charge in [-0.05, 0) is 12.1 Å². The molecule has 0 aliphatic rings. The first-order chi connectivity index (χ1) is 4.30. The molecule has 0 spiro atoms. The smallest absolute Gasteiger partial charge is 1.00 e. The normalized spacial score (nSPS) is 11.7. The molecule has 10 heavy (non-hydrogen) atoms. The van der Waals surface area contributed by atoms with Crippen LogP contribution >= 0.6 is 0 Å². The second-order valence-corrected chi connectivity index (χ2v) is 2.41. The summed E-state index contributed by atoms with van der Waals surface area (Å²) in [5, 5.41) is 0. The van der Waals surface area contributed by atoms with Crippen molar-refractivity contribution in [2.75, 3.05) is 0 Å². The molecule has 50 valence electrons. The molecule has 1 rings (SSSR count). The minimum atomic E-state index is -1.89. The van der Waals surface area contributed by atoms with Gasteiger partial charge in [-0.1, -0.05) is 0 Å². The van der Waals surface area contributed by atoms with Crippen molar-refractivity contribution in [3.63, 3.8) is 0 Å². The van der Waals surface area contributed by atoms with Gasteiger partial charge in [0.25, 0.3) is 0 Å². The fourth-order valence-corrected chi connectivity index (χ4v) is 0.796. The minimum Gasteiger partial charge on any atom is -1.00 e. The summed E-state index contributed by atoms with van der Waals surface area (Å²) in [4.78, 5) is 3.98. The molecule has 5 heteroatoms. The third-order valence-electron chi connectivity index (χ3n) is 0.836. The molecule has 0 bridgehead atoms. The Labute approximate surface area is 74.8 Å². The Morgan fingerprint density at radius 3 is 2.70 bits per heavy atom. The van der Waals surface area contributed by atoms with E-state index in [1.807, 2.05) is 0 Å². The quantitative estimate of drug-likeness (QED) is 0.365. The Morgan fingerprint density at radius 2 is 2.40 bits per heavy atom. The van der Waals surface area contributed by atoms with Crippen LogP contribution in [0.5, 0.6) is 0 Å². The van der Waals surface area contributed by atoms with Crippen molar-refractivity contribution in [1.82, 2.24) is 4.98 Å². The van der Waals surface area contributed by atoms with E-state index < -0.39 is 11.1 Å². The van der Waals surface area contributed by atoms with Crippen LogP contribution in [0.2, 0.25) is 0 Å². The molecule has 0 saturated carbocycles. The predicted molar refractivity (Wildman–Crippen MR) is 34.4 cm³/mol. The van der Waals surface area contributed by atoms with Gasteiger partial charge in [-0.25, -0.2) is 4.21 Å². The van der Waals surface area contributed by atoms with Gasteiger partial charge in [0.2, 0.25) is 0 Å². The Morgan fingerprint density at radius 1 is 1.70 bits per heavy atom. The van der Waals surface area contributed by atoms with Crippen molar-refractivity contribution in [1.29, 1.82) is 0 Å².